The summed E-state index contributed by atoms with van der Waals surface area (Å²) in [5, 5.41) is 21.3. The van der Waals surface area contributed by atoms with E-state index in [1.165, 1.54) is 16.9 Å². The third-order valence-corrected chi connectivity index (χ3v) is 3.52. The van der Waals surface area contributed by atoms with Crippen LogP contribution in [0.25, 0.3) is 0 Å². The lowest BCUT2D eigenvalue weighted by Crippen LogP contribution is -2.11. The quantitative estimate of drug-likeness (QED) is 0.561. The predicted molar refractivity (Wildman–Crippen MR) is 82.6 cm³/mol. The van der Waals surface area contributed by atoms with Crippen molar-refractivity contribution in [3.05, 3.63) is 58.1 Å². The van der Waals surface area contributed by atoms with Gasteiger partial charge in [-0.3, -0.25) is 24.3 Å². The van der Waals surface area contributed by atoms with Crippen molar-refractivity contribution in [1.82, 2.24) is 19.6 Å². The Morgan fingerprint density at radius 2 is 2.17 bits per heavy atom. The van der Waals surface area contributed by atoms with Crippen molar-refractivity contribution in [2.45, 2.75) is 13.5 Å². The Balaban J connectivity index is 1.69. The number of anilines is 1. The van der Waals surface area contributed by atoms with Crippen LogP contribution in [0, 0.1) is 17.0 Å². The largest absolute Gasteiger partial charge is 0.454 e. The molecule has 0 aliphatic heterocycles. The summed E-state index contributed by atoms with van der Waals surface area (Å²) in [7, 11) is 1.78. The van der Waals surface area contributed by atoms with Gasteiger partial charge in [-0.25, -0.2) is 0 Å². The highest BCUT2D eigenvalue weighted by Crippen LogP contribution is 2.16. The van der Waals surface area contributed by atoms with Gasteiger partial charge < -0.3 is 9.73 Å². The Hall–Kier alpha value is -3.43. The first kappa shape index (κ1) is 15.5. The lowest BCUT2D eigenvalue weighted by atomic mass is 10.3. The van der Waals surface area contributed by atoms with Crippen molar-refractivity contribution >= 4 is 17.3 Å². The van der Waals surface area contributed by atoms with E-state index in [0.29, 0.717) is 11.4 Å². The topological polar surface area (TPSA) is 121 Å². The van der Waals surface area contributed by atoms with E-state index < -0.39 is 10.8 Å². The van der Waals surface area contributed by atoms with Gasteiger partial charge in [0.2, 0.25) is 0 Å². The molecule has 0 bridgehead atoms. The number of carbonyl (C=O) groups is 1. The molecule has 3 heterocycles. The van der Waals surface area contributed by atoms with Crippen molar-refractivity contribution in [1.29, 1.82) is 0 Å². The van der Waals surface area contributed by atoms with Crippen LogP contribution in [0.2, 0.25) is 0 Å². The molecule has 10 heteroatoms. The Bertz CT molecular complexity index is 906. The Labute approximate surface area is 135 Å². The van der Waals surface area contributed by atoms with Gasteiger partial charge in [-0.15, -0.1) is 0 Å². The minimum atomic E-state index is -0.527. The minimum Gasteiger partial charge on any atom is -0.454 e. The number of aryl methyl sites for hydroxylation is 1. The lowest BCUT2D eigenvalue weighted by Gasteiger charge is -2.02. The zero-order chi connectivity index (χ0) is 17.3. The molecule has 0 aromatic carbocycles. The van der Waals surface area contributed by atoms with E-state index in [2.05, 4.69) is 15.5 Å². The first-order valence-electron chi connectivity index (χ1n) is 6.99. The number of hydrogen-bond donors (Lipinski definition) is 1. The molecule has 0 atom stereocenters. The maximum absolute atomic E-state index is 12.2. The molecule has 3 aromatic rings. The van der Waals surface area contributed by atoms with Crippen molar-refractivity contribution in [2.24, 2.45) is 7.05 Å². The molecule has 0 spiro atoms. The van der Waals surface area contributed by atoms with Crippen LogP contribution in [0.3, 0.4) is 0 Å². The Morgan fingerprint density at radius 3 is 2.79 bits per heavy atom. The highest BCUT2D eigenvalue weighted by atomic mass is 16.6. The van der Waals surface area contributed by atoms with Crippen LogP contribution >= 0.6 is 0 Å². The molecule has 0 aliphatic carbocycles. The highest BCUT2D eigenvalue weighted by Gasteiger charge is 2.15. The third-order valence-electron chi connectivity index (χ3n) is 3.52. The molecule has 0 saturated heterocycles. The van der Waals surface area contributed by atoms with Gasteiger partial charge in [-0.05, 0) is 19.1 Å². The normalized spacial score (nSPS) is 10.8. The van der Waals surface area contributed by atoms with E-state index in [0.717, 1.165) is 11.9 Å². The minimum absolute atomic E-state index is 0.105. The molecule has 0 fully saturated rings. The monoisotopic (exact) mass is 330 g/mol. The van der Waals surface area contributed by atoms with Crippen molar-refractivity contribution in [3.63, 3.8) is 0 Å². The summed E-state index contributed by atoms with van der Waals surface area (Å²) in [6, 6.07) is 3.16. The van der Waals surface area contributed by atoms with E-state index in [9.17, 15) is 14.9 Å². The van der Waals surface area contributed by atoms with E-state index in [1.54, 1.807) is 24.0 Å². The predicted octanol–water partition coefficient (Wildman–Crippen LogP) is 1.73. The van der Waals surface area contributed by atoms with Crippen LogP contribution in [0.1, 0.15) is 22.0 Å². The van der Waals surface area contributed by atoms with Crippen LogP contribution in [0.15, 0.2) is 35.1 Å². The number of nitrogens with zero attached hydrogens (tertiary/aromatic N) is 5. The second-order valence-corrected chi connectivity index (χ2v) is 5.14. The SMILES string of the molecule is Cc1c(NC(=O)c2ccc(Cn3cc([N+](=O)[O-])cn3)o2)cnn1C. The Morgan fingerprint density at radius 1 is 1.38 bits per heavy atom. The Kier molecular flexibility index (Phi) is 3.86. The number of carbonyl (C=O) groups excluding carboxylic acids is 1. The number of hydrogen-bond acceptors (Lipinski definition) is 6. The molecule has 0 radical (unpaired) electrons. The third kappa shape index (κ3) is 3.02. The lowest BCUT2D eigenvalue weighted by molar-refractivity contribution is -0.385. The summed E-state index contributed by atoms with van der Waals surface area (Å²) >= 11 is 0. The van der Waals surface area contributed by atoms with Crippen LogP contribution in [0.5, 0.6) is 0 Å². The summed E-state index contributed by atoms with van der Waals surface area (Å²) in [4.78, 5) is 22.3. The van der Waals surface area contributed by atoms with Gasteiger partial charge in [0.1, 0.15) is 18.2 Å². The first-order chi connectivity index (χ1) is 11.4. The molecule has 24 heavy (non-hydrogen) atoms. The van der Waals surface area contributed by atoms with E-state index >= 15 is 0 Å². The zero-order valence-electron chi connectivity index (χ0n) is 13.0. The number of furan rings is 1. The molecule has 124 valence electrons. The maximum Gasteiger partial charge on any atom is 0.307 e. The molecular formula is C14H14N6O4. The zero-order valence-corrected chi connectivity index (χ0v) is 13.0. The first-order valence-corrected chi connectivity index (χ1v) is 6.99. The fourth-order valence-electron chi connectivity index (χ4n) is 2.08. The molecule has 3 rings (SSSR count). The van der Waals surface area contributed by atoms with Gasteiger partial charge in [-0.2, -0.15) is 10.2 Å². The summed E-state index contributed by atoms with van der Waals surface area (Å²) in [6.45, 7) is 2.02. The molecule has 0 aliphatic rings. The van der Waals surface area contributed by atoms with Crippen LogP contribution in [-0.4, -0.2) is 30.4 Å². The van der Waals surface area contributed by atoms with Crippen molar-refractivity contribution in [3.8, 4) is 0 Å². The second kappa shape index (κ2) is 5.99. The molecule has 3 aromatic heterocycles. The number of nitro groups is 1. The van der Waals surface area contributed by atoms with Gasteiger partial charge in [0.15, 0.2) is 5.76 Å². The molecule has 1 amide bonds. The smallest absolute Gasteiger partial charge is 0.307 e. The van der Waals surface area contributed by atoms with Crippen molar-refractivity contribution in [2.75, 3.05) is 5.32 Å². The molecule has 10 nitrogen and oxygen atoms in total. The average Bonchev–Trinajstić information content (AvgIpc) is 3.25. The van der Waals surface area contributed by atoms with Gasteiger partial charge in [0, 0.05) is 7.05 Å². The number of aromatic nitrogens is 4. The molecular weight excluding hydrogens is 316 g/mol. The maximum atomic E-state index is 12.2. The van der Waals surface area contributed by atoms with Crippen LogP contribution in [-0.2, 0) is 13.6 Å². The van der Waals surface area contributed by atoms with E-state index in [-0.39, 0.29) is 18.0 Å². The number of rotatable bonds is 5. The second-order valence-electron chi connectivity index (χ2n) is 5.14. The number of amides is 1. The van der Waals surface area contributed by atoms with Gasteiger partial charge >= 0.3 is 5.69 Å². The molecule has 1 N–H and O–H groups in total. The fraction of sp³-hybridized carbons (Fsp3) is 0.214. The summed E-state index contributed by atoms with van der Waals surface area (Å²) in [6.07, 6.45) is 4.00. The standard InChI is InChI=1S/C14H14N6O4/c1-9-12(6-15-18(9)2)17-14(21)13-4-3-11(24-13)8-19-7-10(5-16-19)20(22)23/h3-7H,8H2,1-2H3,(H,17,21). The summed E-state index contributed by atoms with van der Waals surface area (Å²) in [5.41, 5.74) is 1.31. The molecule has 0 unspecified atom stereocenters. The highest BCUT2D eigenvalue weighted by molar-refractivity contribution is 6.02. The van der Waals surface area contributed by atoms with Gasteiger partial charge in [-0.1, -0.05) is 0 Å². The molecule has 0 saturated carbocycles. The van der Waals surface area contributed by atoms with Crippen molar-refractivity contribution < 1.29 is 14.1 Å². The van der Waals surface area contributed by atoms with Gasteiger partial charge in [0.25, 0.3) is 5.91 Å². The van der Waals surface area contributed by atoms with E-state index in [1.807, 2.05) is 6.92 Å². The number of nitrogens with one attached hydrogen (secondary N) is 1. The van der Waals surface area contributed by atoms with Crippen LogP contribution in [0.4, 0.5) is 11.4 Å². The summed E-state index contributed by atoms with van der Waals surface area (Å²) in [5.74, 6) is 0.194. The summed E-state index contributed by atoms with van der Waals surface area (Å²) < 4.78 is 8.48. The van der Waals surface area contributed by atoms with Gasteiger partial charge in [0.05, 0.1) is 29.0 Å². The van der Waals surface area contributed by atoms with Crippen LogP contribution < -0.4 is 5.32 Å². The average molecular weight is 330 g/mol. The fourth-order valence-corrected chi connectivity index (χ4v) is 2.08. The van der Waals surface area contributed by atoms with E-state index in [4.69, 9.17) is 4.42 Å².